The number of anilines is 2. The number of esters is 1. The normalized spacial score (nSPS) is 28.9. The first-order valence-electron chi connectivity index (χ1n) is 11.8. The van der Waals surface area contributed by atoms with Crippen LogP contribution in [0.25, 0.3) is 0 Å². The molecule has 35 heavy (non-hydrogen) atoms. The minimum atomic E-state index is -1.25. The first-order chi connectivity index (χ1) is 16.8. The summed E-state index contributed by atoms with van der Waals surface area (Å²) >= 11 is 6.34. The van der Waals surface area contributed by atoms with Gasteiger partial charge in [0.25, 0.3) is 0 Å². The predicted octanol–water partition coefficient (Wildman–Crippen LogP) is 3.26. The second kappa shape index (κ2) is 7.63. The monoisotopic (exact) mass is 493 g/mol. The van der Waals surface area contributed by atoms with Crippen molar-refractivity contribution in [3.8, 4) is 0 Å². The van der Waals surface area contributed by atoms with Crippen LogP contribution < -0.4 is 10.2 Å². The number of carbonyl (C=O) groups is 4. The number of hydrogen-bond donors (Lipinski definition) is 1. The van der Waals surface area contributed by atoms with E-state index in [-0.39, 0.29) is 24.5 Å². The lowest BCUT2D eigenvalue weighted by atomic mass is 9.75. The molecule has 4 atom stereocenters. The lowest BCUT2D eigenvalue weighted by Gasteiger charge is -2.36. The van der Waals surface area contributed by atoms with Crippen molar-refractivity contribution in [1.82, 2.24) is 4.90 Å². The maximum absolute atomic E-state index is 14.0. The highest BCUT2D eigenvalue weighted by Gasteiger charge is 2.74. The quantitative estimate of drug-likeness (QED) is 0.521. The zero-order valence-corrected chi connectivity index (χ0v) is 20.1. The van der Waals surface area contributed by atoms with Crippen molar-refractivity contribution < 1.29 is 23.9 Å². The van der Waals surface area contributed by atoms with Crippen LogP contribution in [0.4, 0.5) is 11.4 Å². The molecule has 4 heterocycles. The number of fused-ring (bicyclic) bond motifs is 7. The first-order valence-corrected chi connectivity index (χ1v) is 12.2. The summed E-state index contributed by atoms with van der Waals surface area (Å²) < 4.78 is 5.02. The highest BCUT2D eigenvalue weighted by atomic mass is 35.5. The number of hydrogen-bond acceptors (Lipinski definition) is 6. The number of amides is 3. The van der Waals surface area contributed by atoms with Crippen molar-refractivity contribution in [2.75, 3.05) is 23.4 Å². The van der Waals surface area contributed by atoms with E-state index in [1.807, 2.05) is 13.0 Å². The van der Waals surface area contributed by atoms with E-state index in [9.17, 15) is 19.2 Å². The molecule has 9 heteroatoms. The second-order valence-electron chi connectivity index (χ2n) is 9.50. The molecule has 4 aliphatic rings. The van der Waals surface area contributed by atoms with Crippen molar-refractivity contribution in [2.24, 2.45) is 11.8 Å². The molecule has 8 nitrogen and oxygen atoms in total. The Morgan fingerprint density at radius 1 is 1.14 bits per heavy atom. The van der Waals surface area contributed by atoms with Gasteiger partial charge < -0.3 is 10.1 Å². The molecule has 0 unspecified atom stereocenters. The summed E-state index contributed by atoms with van der Waals surface area (Å²) in [6.45, 7) is 4.46. The number of nitrogens with one attached hydrogen (secondary N) is 1. The Kier molecular flexibility index (Phi) is 4.85. The molecular formula is C26H24ClN3O5. The molecule has 3 amide bonds. The summed E-state index contributed by atoms with van der Waals surface area (Å²) in [5.41, 5.74) is 1.56. The highest BCUT2D eigenvalue weighted by Crippen LogP contribution is 2.61. The van der Waals surface area contributed by atoms with E-state index in [4.69, 9.17) is 16.3 Å². The molecule has 3 fully saturated rings. The van der Waals surface area contributed by atoms with Gasteiger partial charge in [0.05, 0.1) is 35.4 Å². The smallest absolute Gasteiger partial charge is 0.338 e. The highest BCUT2D eigenvalue weighted by molar-refractivity contribution is 6.32. The third kappa shape index (κ3) is 2.72. The largest absolute Gasteiger partial charge is 0.462 e. The Morgan fingerprint density at radius 2 is 1.89 bits per heavy atom. The predicted molar refractivity (Wildman–Crippen MR) is 128 cm³/mol. The summed E-state index contributed by atoms with van der Waals surface area (Å²) in [7, 11) is 0. The van der Waals surface area contributed by atoms with Crippen molar-refractivity contribution in [3.05, 3.63) is 58.1 Å². The van der Waals surface area contributed by atoms with Crippen LogP contribution in [0.3, 0.4) is 0 Å². The minimum Gasteiger partial charge on any atom is -0.462 e. The van der Waals surface area contributed by atoms with Gasteiger partial charge in [-0.05, 0) is 69.1 Å². The van der Waals surface area contributed by atoms with Gasteiger partial charge in [0.1, 0.15) is 5.54 Å². The second-order valence-corrected chi connectivity index (χ2v) is 9.91. The van der Waals surface area contributed by atoms with Gasteiger partial charge in [0.2, 0.25) is 17.7 Å². The number of imide groups is 1. The maximum atomic E-state index is 14.0. The number of rotatable bonds is 3. The van der Waals surface area contributed by atoms with Crippen molar-refractivity contribution in [1.29, 1.82) is 0 Å². The minimum absolute atomic E-state index is 0.201. The third-order valence-corrected chi connectivity index (χ3v) is 8.41. The van der Waals surface area contributed by atoms with E-state index >= 15 is 0 Å². The molecule has 6 rings (SSSR count). The van der Waals surface area contributed by atoms with Crippen LogP contribution in [-0.4, -0.2) is 47.8 Å². The van der Waals surface area contributed by atoms with Crippen LogP contribution in [0.1, 0.15) is 41.3 Å². The number of carbonyl (C=O) groups excluding carboxylic acids is 4. The van der Waals surface area contributed by atoms with Gasteiger partial charge in [-0.2, -0.15) is 0 Å². The van der Waals surface area contributed by atoms with E-state index in [2.05, 4.69) is 10.2 Å². The Bertz CT molecular complexity index is 1310. The van der Waals surface area contributed by atoms with E-state index in [1.54, 1.807) is 37.3 Å². The summed E-state index contributed by atoms with van der Waals surface area (Å²) in [4.78, 5) is 56.8. The number of ether oxygens (including phenoxy) is 1. The molecular weight excluding hydrogens is 470 g/mol. The Balaban J connectivity index is 1.46. The van der Waals surface area contributed by atoms with E-state index < -0.39 is 29.3 Å². The van der Waals surface area contributed by atoms with E-state index in [0.29, 0.717) is 34.1 Å². The van der Waals surface area contributed by atoms with Gasteiger partial charge in [-0.15, -0.1) is 0 Å². The number of halogens is 1. The average molecular weight is 494 g/mol. The molecule has 1 N–H and O–H groups in total. The molecule has 2 aromatic carbocycles. The van der Waals surface area contributed by atoms with Gasteiger partial charge in [-0.25, -0.2) is 9.69 Å². The standard InChI is InChI=1S/C26H24ClN3O5/c1-3-35-24(33)14-6-8-15(9-7-14)30-22(31)19-18-5-4-12-29(18)26(20(19)23(30)32)16-10-11-17(27)13(2)21(16)28-25(26)34/h6-11,18-20H,3-5,12H2,1-2H3,(H,28,34)/t18-,19+,20-,26+/m0/s1. The van der Waals surface area contributed by atoms with E-state index in [0.717, 1.165) is 18.4 Å². The molecule has 0 radical (unpaired) electrons. The summed E-state index contributed by atoms with van der Waals surface area (Å²) in [6.07, 6.45) is 1.59. The zero-order chi connectivity index (χ0) is 24.6. The number of nitrogens with zero attached hydrogens (tertiary/aromatic N) is 2. The van der Waals surface area contributed by atoms with Crippen LogP contribution in [0.2, 0.25) is 5.02 Å². The average Bonchev–Trinajstić information content (AvgIpc) is 3.55. The van der Waals surface area contributed by atoms with Gasteiger partial charge in [0.15, 0.2) is 0 Å². The van der Waals surface area contributed by atoms with Crippen molar-refractivity contribution >= 4 is 46.7 Å². The van der Waals surface area contributed by atoms with Crippen LogP contribution in [0.15, 0.2) is 36.4 Å². The van der Waals surface area contributed by atoms with Crippen molar-refractivity contribution in [2.45, 2.75) is 38.3 Å². The molecule has 4 aliphatic heterocycles. The van der Waals surface area contributed by atoms with Gasteiger partial charge >= 0.3 is 5.97 Å². The Morgan fingerprint density at radius 3 is 2.60 bits per heavy atom. The fourth-order valence-electron chi connectivity index (χ4n) is 6.61. The Hall–Kier alpha value is -3.23. The van der Waals surface area contributed by atoms with Crippen LogP contribution in [0.5, 0.6) is 0 Å². The number of benzene rings is 2. The van der Waals surface area contributed by atoms with E-state index in [1.165, 1.54) is 4.90 Å². The summed E-state index contributed by atoms with van der Waals surface area (Å²) in [5, 5.41) is 3.52. The van der Waals surface area contributed by atoms with Gasteiger partial charge in [0, 0.05) is 16.6 Å². The topological polar surface area (TPSA) is 96.0 Å². The molecule has 0 saturated carbocycles. The van der Waals surface area contributed by atoms with Gasteiger partial charge in [-0.3, -0.25) is 19.3 Å². The molecule has 3 saturated heterocycles. The molecule has 0 bridgehead atoms. The third-order valence-electron chi connectivity index (χ3n) is 8.00. The summed E-state index contributed by atoms with van der Waals surface area (Å²) in [6, 6.07) is 9.61. The van der Waals surface area contributed by atoms with Crippen molar-refractivity contribution in [3.63, 3.8) is 0 Å². The lowest BCUT2D eigenvalue weighted by molar-refractivity contribution is -0.135. The molecule has 1 spiro atoms. The molecule has 0 aliphatic carbocycles. The zero-order valence-electron chi connectivity index (χ0n) is 19.3. The molecule has 180 valence electrons. The first kappa shape index (κ1) is 22.2. The molecule has 0 aromatic heterocycles. The van der Waals surface area contributed by atoms with Crippen LogP contribution in [0, 0.1) is 18.8 Å². The fourth-order valence-corrected chi connectivity index (χ4v) is 6.76. The lowest BCUT2D eigenvalue weighted by Crippen LogP contribution is -2.54. The SMILES string of the molecule is CCOC(=O)c1ccc(N2C(=O)[C@H]3[C@@H](C2=O)[C@]2(C(=O)Nc4c2ccc(Cl)c4C)N2CCC[C@@H]32)cc1. The van der Waals surface area contributed by atoms with Crippen LogP contribution >= 0.6 is 11.6 Å². The summed E-state index contributed by atoms with van der Waals surface area (Å²) in [5.74, 6) is -2.91. The van der Waals surface area contributed by atoms with Gasteiger partial charge in [-0.1, -0.05) is 17.7 Å². The Labute approximate surface area is 207 Å². The fraction of sp³-hybridized carbons (Fsp3) is 0.385. The molecule has 2 aromatic rings. The van der Waals surface area contributed by atoms with Crippen LogP contribution in [-0.2, 0) is 24.7 Å². The maximum Gasteiger partial charge on any atom is 0.338 e.